The van der Waals surface area contributed by atoms with Gasteiger partial charge in [-0.15, -0.1) is 0 Å². The van der Waals surface area contributed by atoms with Gasteiger partial charge in [-0.1, -0.05) is 22.8 Å². The molecule has 0 saturated carbocycles. The molecule has 0 fully saturated rings. The fraction of sp³-hybridized carbons (Fsp3) is 0.158. The number of nitrogens with zero attached hydrogens (tertiary/aromatic N) is 2. The van der Waals surface area contributed by atoms with Gasteiger partial charge >= 0.3 is 12.4 Å². The number of aryl methyl sites for hydroxylation is 1. The van der Waals surface area contributed by atoms with Crippen LogP contribution in [0.4, 0.5) is 42.1 Å². The third-order valence-corrected chi connectivity index (χ3v) is 4.54. The Labute approximate surface area is 174 Å². The Morgan fingerprint density at radius 2 is 1.61 bits per heavy atom. The van der Waals surface area contributed by atoms with Gasteiger partial charge < -0.3 is 4.52 Å². The second-order valence-corrected chi connectivity index (χ2v) is 6.68. The van der Waals surface area contributed by atoms with Crippen molar-refractivity contribution < 1.29 is 40.1 Å². The summed E-state index contributed by atoms with van der Waals surface area (Å²) in [5, 5.41) is 3.43. The molecule has 0 spiro atoms. The zero-order valence-corrected chi connectivity index (χ0v) is 16.0. The average Bonchev–Trinajstić information content (AvgIpc) is 3.02. The topological polar surface area (TPSA) is 46.3 Å². The maximum Gasteiger partial charge on any atom is 0.416 e. The number of carbonyl (C=O) groups is 1. The molecule has 12 heteroatoms. The number of halogens is 8. The van der Waals surface area contributed by atoms with E-state index in [-0.39, 0.29) is 40.2 Å². The van der Waals surface area contributed by atoms with Crippen molar-refractivity contribution >= 4 is 29.4 Å². The number of carbonyl (C=O) groups excluding carboxylic acids is 1. The number of aromatic nitrogens is 1. The highest BCUT2D eigenvalue weighted by Crippen LogP contribution is 2.43. The fourth-order valence-electron chi connectivity index (χ4n) is 2.86. The van der Waals surface area contributed by atoms with Gasteiger partial charge in [-0.25, -0.2) is 4.39 Å². The molecule has 164 valence electrons. The van der Waals surface area contributed by atoms with Crippen LogP contribution in [0, 0.1) is 12.7 Å². The molecule has 0 N–H and O–H groups in total. The van der Waals surface area contributed by atoms with Crippen molar-refractivity contribution in [1.29, 1.82) is 0 Å². The monoisotopic (exact) mass is 466 g/mol. The summed E-state index contributed by atoms with van der Waals surface area (Å²) in [5.74, 6) is -1.07. The van der Waals surface area contributed by atoms with Gasteiger partial charge in [0.25, 0.3) is 0 Å². The van der Waals surface area contributed by atoms with Crippen molar-refractivity contribution in [2.24, 2.45) is 0 Å². The van der Waals surface area contributed by atoms with Crippen LogP contribution in [0.5, 0.6) is 0 Å². The van der Waals surface area contributed by atoms with E-state index >= 15 is 0 Å². The first-order valence-electron chi connectivity index (χ1n) is 8.29. The molecule has 0 aliphatic rings. The Morgan fingerprint density at radius 1 is 1.03 bits per heavy atom. The van der Waals surface area contributed by atoms with Crippen molar-refractivity contribution in [3.05, 3.63) is 64.1 Å². The lowest BCUT2D eigenvalue weighted by atomic mass is 10.1. The van der Waals surface area contributed by atoms with Crippen molar-refractivity contribution in [2.75, 3.05) is 4.90 Å². The summed E-state index contributed by atoms with van der Waals surface area (Å²) in [7, 11) is 0. The van der Waals surface area contributed by atoms with E-state index in [1.165, 1.54) is 19.1 Å². The van der Waals surface area contributed by atoms with E-state index in [0.29, 0.717) is 17.0 Å². The van der Waals surface area contributed by atoms with Gasteiger partial charge in [0, 0.05) is 0 Å². The SMILES string of the molecule is Cc1onc(-c2c(F)cccc2Cl)c1N(C=O)c1cc(C(F)(F)F)cc(C(F)(F)F)c1. The Hall–Kier alpha value is -3.08. The van der Waals surface area contributed by atoms with Gasteiger partial charge in [-0.3, -0.25) is 9.69 Å². The molecule has 1 heterocycles. The Morgan fingerprint density at radius 3 is 2.10 bits per heavy atom. The molecule has 0 radical (unpaired) electrons. The molecule has 1 amide bonds. The minimum Gasteiger partial charge on any atom is -0.359 e. The molecule has 0 saturated heterocycles. The number of alkyl halides is 6. The zero-order chi connectivity index (χ0) is 23.1. The van der Waals surface area contributed by atoms with Crippen LogP contribution >= 0.6 is 11.6 Å². The van der Waals surface area contributed by atoms with Crippen LogP contribution in [0.15, 0.2) is 40.9 Å². The van der Waals surface area contributed by atoms with Gasteiger partial charge in [-0.2, -0.15) is 26.3 Å². The first-order chi connectivity index (χ1) is 14.3. The second kappa shape index (κ2) is 7.88. The van der Waals surface area contributed by atoms with Crippen LogP contribution in [0.25, 0.3) is 11.3 Å². The lowest BCUT2D eigenvalue weighted by Crippen LogP contribution is -2.19. The molecule has 1 aromatic heterocycles. The second-order valence-electron chi connectivity index (χ2n) is 6.27. The smallest absolute Gasteiger partial charge is 0.359 e. The van der Waals surface area contributed by atoms with Gasteiger partial charge in [-0.05, 0) is 37.3 Å². The van der Waals surface area contributed by atoms with E-state index in [9.17, 15) is 35.5 Å². The van der Waals surface area contributed by atoms with Crippen LogP contribution in [0.2, 0.25) is 5.02 Å². The number of anilines is 2. The van der Waals surface area contributed by atoms with Gasteiger partial charge in [0.1, 0.15) is 17.2 Å². The van der Waals surface area contributed by atoms with Gasteiger partial charge in [0.2, 0.25) is 6.41 Å². The molecule has 3 rings (SSSR count). The van der Waals surface area contributed by atoms with E-state index < -0.39 is 35.0 Å². The maximum atomic E-state index is 14.4. The van der Waals surface area contributed by atoms with Crippen LogP contribution in [0.1, 0.15) is 16.9 Å². The van der Waals surface area contributed by atoms with Crippen LogP contribution in [-0.2, 0) is 17.1 Å². The largest absolute Gasteiger partial charge is 0.416 e. The highest BCUT2D eigenvalue weighted by molar-refractivity contribution is 6.33. The number of hydrogen-bond donors (Lipinski definition) is 0. The summed E-state index contributed by atoms with van der Waals surface area (Å²) < 4.78 is 98.5. The number of amides is 1. The van der Waals surface area contributed by atoms with Crippen molar-refractivity contribution in [3.8, 4) is 11.3 Å². The number of benzene rings is 2. The normalized spacial score (nSPS) is 12.2. The van der Waals surface area contributed by atoms with E-state index in [1.807, 2.05) is 0 Å². The molecule has 3 aromatic rings. The van der Waals surface area contributed by atoms with E-state index in [2.05, 4.69) is 5.16 Å². The zero-order valence-electron chi connectivity index (χ0n) is 15.3. The summed E-state index contributed by atoms with van der Waals surface area (Å²) in [5.41, 5.74) is -5.14. The van der Waals surface area contributed by atoms with Gasteiger partial charge in [0.15, 0.2) is 5.76 Å². The van der Waals surface area contributed by atoms with Crippen LogP contribution in [0.3, 0.4) is 0 Å². The summed E-state index contributed by atoms with van der Waals surface area (Å²) in [6, 6.07) is 4.18. The minimum absolute atomic E-state index is 0.0343. The molecule has 0 atom stereocenters. The first kappa shape index (κ1) is 22.6. The van der Waals surface area contributed by atoms with Crippen LogP contribution in [-0.4, -0.2) is 11.6 Å². The third kappa shape index (κ3) is 4.36. The molecule has 31 heavy (non-hydrogen) atoms. The van der Waals surface area contributed by atoms with Crippen molar-refractivity contribution in [3.63, 3.8) is 0 Å². The molecular weight excluding hydrogens is 457 g/mol. The van der Waals surface area contributed by atoms with E-state index in [1.54, 1.807) is 0 Å². The molecule has 0 aliphatic carbocycles. The average molecular weight is 467 g/mol. The molecule has 0 unspecified atom stereocenters. The molecule has 2 aromatic carbocycles. The molecule has 0 aliphatic heterocycles. The third-order valence-electron chi connectivity index (χ3n) is 4.23. The summed E-state index contributed by atoms with van der Waals surface area (Å²) in [6.45, 7) is 1.25. The molecule has 0 bridgehead atoms. The predicted octanol–water partition coefficient (Wildman–Crippen LogP) is 6.77. The fourth-order valence-corrected chi connectivity index (χ4v) is 3.11. The first-order valence-corrected chi connectivity index (χ1v) is 8.67. The quantitative estimate of drug-likeness (QED) is 0.315. The number of hydrogen-bond acceptors (Lipinski definition) is 3. The minimum atomic E-state index is -5.13. The summed E-state index contributed by atoms with van der Waals surface area (Å²) in [6.07, 6.45) is -10.3. The Balaban J connectivity index is 2.28. The highest BCUT2D eigenvalue weighted by atomic mass is 35.5. The van der Waals surface area contributed by atoms with E-state index in [0.717, 1.165) is 6.07 Å². The molecular formula is C19H10ClF7N2O2. The summed E-state index contributed by atoms with van der Waals surface area (Å²) in [4.78, 5) is 12.3. The molecule has 4 nitrogen and oxygen atoms in total. The lowest BCUT2D eigenvalue weighted by molar-refractivity contribution is -0.143. The number of rotatable bonds is 4. The Bertz CT molecular complexity index is 1090. The van der Waals surface area contributed by atoms with E-state index in [4.69, 9.17) is 16.1 Å². The standard InChI is InChI=1S/C19H10ClF7N2O2/c1-9-17(16(28-31-9)15-13(20)3-2-4-14(15)21)29(8-30)12-6-10(18(22,23)24)5-11(7-12)19(25,26)27/h2-8H,1H3. The Kier molecular flexibility index (Phi) is 5.74. The predicted molar refractivity (Wildman–Crippen MR) is 96.3 cm³/mol. The van der Waals surface area contributed by atoms with Gasteiger partial charge in [0.05, 0.1) is 27.4 Å². The summed E-state index contributed by atoms with van der Waals surface area (Å²) >= 11 is 5.98. The maximum absolute atomic E-state index is 14.4. The highest BCUT2D eigenvalue weighted by Gasteiger charge is 2.38. The van der Waals surface area contributed by atoms with Crippen molar-refractivity contribution in [2.45, 2.75) is 19.3 Å². The lowest BCUT2D eigenvalue weighted by Gasteiger charge is -2.21. The van der Waals surface area contributed by atoms with Crippen LogP contribution < -0.4 is 4.90 Å². The van der Waals surface area contributed by atoms with Crippen molar-refractivity contribution in [1.82, 2.24) is 5.16 Å².